The van der Waals surface area contributed by atoms with Crippen molar-refractivity contribution in [1.29, 1.82) is 0 Å². The molecule has 1 unspecified atom stereocenters. The third-order valence-electron chi connectivity index (χ3n) is 2.42. The van der Waals surface area contributed by atoms with Crippen LogP contribution in [0.15, 0.2) is 10.8 Å². The molecule has 0 aliphatic carbocycles. The van der Waals surface area contributed by atoms with Gasteiger partial charge in [-0.1, -0.05) is 11.6 Å². The molecule has 2 rings (SSSR count). The highest BCUT2D eigenvalue weighted by Crippen LogP contribution is 2.26. The summed E-state index contributed by atoms with van der Waals surface area (Å²) in [6.07, 6.45) is 1.82. The van der Waals surface area contributed by atoms with Crippen LogP contribution in [0.3, 0.4) is 0 Å². The molecule has 7 heteroatoms. The topological polar surface area (TPSA) is 66.3 Å². The van der Waals surface area contributed by atoms with Gasteiger partial charge in [0.2, 0.25) is 5.91 Å². The zero-order chi connectivity index (χ0) is 11.7. The van der Waals surface area contributed by atoms with Crippen molar-refractivity contribution in [3.05, 3.63) is 16.0 Å². The summed E-state index contributed by atoms with van der Waals surface area (Å²) in [5.41, 5.74) is 0. The fourth-order valence-corrected chi connectivity index (χ4v) is 1.92. The number of aromatic nitrogens is 2. The molecule has 0 spiro atoms. The summed E-state index contributed by atoms with van der Waals surface area (Å²) >= 11 is 8.93. The van der Waals surface area contributed by atoms with Crippen LogP contribution in [-0.4, -0.2) is 34.1 Å². The molecular formula is C9H9BrClN3O2. The van der Waals surface area contributed by atoms with E-state index in [0.717, 1.165) is 0 Å². The van der Waals surface area contributed by atoms with Gasteiger partial charge in [-0.15, -0.1) is 0 Å². The molecule has 2 heterocycles. The molecule has 1 aliphatic rings. The summed E-state index contributed by atoms with van der Waals surface area (Å²) in [4.78, 5) is 21.2. The lowest BCUT2D eigenvalue weighted by molar-refractivity contribution is -0.117. The number of nitrogens with zero attached hydrogens (tertiary/aromatic N) is 3. The van der Waals surface area contributed by atoms with Crippen molar-refractivity contribution >= 4 is 39.3 Å². The third-order valence-corrected chi connectivity index (χ3v) is 3.49. The number of anilines is 1. The zero-order valence-corrected chi connectivity index (χ0v) is 10.6. The number of carbonyl (C=O) groups is 1. The summed E-state index contributed by atoms with van der Waals surface area (Å²) in [7, 11) is 0. The Kier molecular flexibility index (Phi) is 3.41. The standard InChI is InChI=1S/C9H9BrClN3O2/c10-8-9(11)13-6(2-12-8)14-3-5(4-15)1-7(14)16/h2,5,15H,1,3-4H2. The molecule has 1 aromatic rings. The van der Waals surface area contributed by atoms with Gasteiger partial charge >= 0.3 is 0 Å². The monoisotopic (exact) mass is 305 g/mol. The third kappa shape index (κ3) is 2.18. The normalized spacial score (nSPS) is 20.6. The molecule has 1 saturated heterocycles. The maximum absolute atomic E-state index is 11.6. The Labute approximate surface area is 106 Å². The van der Waals surface area contributed by atoms with Crippen LogP contribution in [0.5, 0.6) is 0 Å². The fourth-order valence-electron chi connectivity index (χ4n) is 1.60. The van der Waals surface area contributed by atoms with Crippen molar-refractivity contribution in [3.8, 4) is 0 Å². The second-order valence-electron chi connectivity index (χ2n) is 3.57. The van der Waals surface area contributed by atoms with Crippen LogP contribution in [0.1, 0.15) is 6.42 Å². The van der Waals surface area contributed by atoms with E-state index in [1.165, 1.54) is 11.1 Å². The molecule has 0 radical (unpaired) electrons. The van der Waals surface area contributed by atoms with E-state index in [1.807, 2.05) is 0 Å². The van der Waals surface area contributed by atoms with Gasteiger partial charge in [-0.2, -0.15) is 0 Å². The quantitative estimate of drug-likeness (QED) is 0.893. The van der Waals surface area contributed by atoms with Gasteiger partial charge in [-0.3, -0.25) is 9.69 Å². The highest BCUT2D eigenvalue weighted by molar-refractivity contribution is 9.10. The largest absolute Gasteiger partial charge is 0.396 e. The molecule has 1 atom stereocenters. The van der Waals surface area contributed by atoms with E-state index < -0.39 is 0 Å². The Balaban J connectivity index is 2.24. The minimum atomic E-state index is -0.0632. The second-order valence-corrected chi connectivity index (χ2v) is 4.68. The summed E-state index contributed by atoms with van der Waals surface area (Å²) in [6.45, 7) is 0.460. The number of aliphatic hydroxyl groups excluding tert-OH is 1. The van der Waals surface area contributed by atoms with Crippen molar-refractivity contribution in [3.63, 3.8) is 0 Å². The van der Waals surface area contributed by atoms with Gasteiger partial charge in [-0.05, 0) is 15.9 Å². The smallest absolute Gasteiger partial charge is 0.228 e. The second kappa shape index (κ2) is 4.65. The van der Waals surface area contributed by atoms with Crippen LogP contribution in [0.4, 0.5) is 5.82 Å². The molecule has 86 valence electrons. The minimum Gasteiger partial charge on any atom is -0.396 e. The van der Waals surface area contributed by atoms with E-state index in [0.29, 0.717) is 23.4 Å². The highest BCUT2D eigenvalue weighted by Gasteiger charge is 2.31. The minimum absolute atomic E-state index is 0.0000707. The van der Waals surface area contributed by atoms with Crippen LogP contribution in [0.25, 0.3) is 0 Å². The van der Waals surface area contributed by atoms with Gasteiger partial charge in [0.25, 0.3) is 0 Å². The average molecular weight is 307 g/mol. The number of hydrogen-bond donors (Lipinski definition) is 1. The van der Waals surface area contributed by atoms with Crippen molar-refractivity contribution < 1.29 is 9.90 Å². The molecule has 1 amide bonds. The molecule has 0 saturated carbocycles. The van der Waals surface area contributed by atoms with Crippen molar-refractivity contribution in [2.24, 2.45) is 5.92 Å². The SMILES string of the molecule is O=C1CC(CO)CN1c1cnc(Br)c(Cl)n1. The first-order valence-electron chi connectivity index (χ1n) is 4.71. The fraction of sp³-hybridized carbons (Fsp3) is 0.444. The van der Waals surface area contributed by atoms with Crippen molar-refractivity contribution in [1.82, 2.24) is 9.97 Å². The van der Waals surface area contributed by atoms with Gasteiger partial charge < -0.3 is 5.11 Å². The van der Waals surface area contributed by atoms with Crippen LogP contribution in [0.2, 0.25) is 5.15 Å². The molecule has 1 aromatic heterocycles. The van der Waals surface area contributed by atoms with Crippen molar-refractivity contribution in [2.75, 3.05) is 18.1 Å². The van der Waals surface area contributed by atoms with Crippen LogP contribution < -0.4 is 4.90 Å². The van der Waals surface area contributed by atoms with E-state index in [1.54, 1.807) is 0 Å². The molecule has 1 aliphatic heterocycles. The number of aliphatic hydroxyl groups is 1. The van der Waals surface area contributed by atoms with E-state index in [-0.39, 0.29) is 23.6 Å². The number of hydrogen-bond acceptors (Lipinski definition) is 4. The Morgan fingerprint density at radius 2 is 2.44 bits per heavy atom. The first-order valence-corrected chi connectivity index (χ1v) is 5.88. The van der Waals surface area contributed by atoms with Crippen LogP contribution in [-0.2, 0) is 4.79 Å². The molecule has 0 aromatic carbocycles. The van der Waals surface area contributed by atoms with Crippen LogP contribution >= 0.6 is 27.5 Å². The van der Waals surface area contributed by atoms with Gasteiger partial charge in [0.1, 0.15) is 4.60 Å². The summed E-state index contributed by atoms with van der Waals surface area (Å²) < 4.78 is 0.447. The van der Waals surface area contributed by atoms with Gasteiger partial charge in [0.05, 0.1) is 6.20 Å². The predicted octanol–water partition coefficient (Wildman–Crippen LogP) is 1.24. The summed E-state index contributed by atoms with van der Waals surface area (Å²) in [5, 5.41) is 9.22. The number of rotatable bonds is 2. The molecule has 0 bridgehead atoms. The lowest BCUT2D eigenvalue weighted by Crippen LogP contribution is -2.26. The maximum Gasteiger partial charge on any atom is 0.228 e. The molecule has 5 nitrogen and oxygen atoms in total. The van der Waals surface area contributed by atoms with E-state index in [2.05, 4.69) is 25.9 Å². The lowest BCUT2D eigenvalue weighted by Gasteiger charge is -2.14. The van der Waals surface area contributed by atoms with E-state index >= 15 is 0 Å². The molecular weight excluding hydrogens is 297 g/mol. The summed E-state index contributed by atoms with van der Waals surface area (Å²) in [5.74, 6) is 0.331. The van der Waals surface area contributed by atoms with Gasteiger partial charge in [-0.25, -0.2) is 9.97 Å². The van der Waals surface area contributed by atoms with E-state index in [9.17, 15) is 4.79 Å². The Hall–Kier alpha value is -0.720. The molecule has 16 heavy (non-hydrogen) atoms. The first-order chi connectivity index (χ1) is 7.61. The molecule has 1 N–H and O–H groups in total. The van der Waals surface area contributed by atoms with Crippen molar-refractivity contribution in [2.45, 2.75) is 6.42 Å². The number of amides is 1. The van der Waals surface area contributed by atoms with Crippen LogP contribution in [0, 0.1) is 5.92 Å². The Morgan fingerprint density at radius 1 is 1.69 bits per heavy atom. The Morgan fingerprint density at radius 3 is 3.00 bits per heavy atom. The van der Waals surface area contributed by atoms with Gasteiger partial charge in [0.15, 0.2) is 11.0 Å². The first kappa shape index (κ1) is 11.8. The number of carbonyl (C=O) groups excluding carboxylic acids is 1. The Bertz CT molecular complexity index is 429. The zero-order valence-electron chi connectivity index (χ0n) is 8.23. The number of halogens is 2. The highest BCUT2D eigenvalue weighted by atomic mass is 79.9. The maximum atomic E-state index is 11.6. The summed E-state index contributed by atoms with van der Waals surface area (Å²) in [6, 6.07) is 0. The average Bonchev–Trinajstić information content (AvgIpc) is 2.64. The lowest BCUT2D eigenvalue weighted by atomic mass is 10.1. The van der Waals surface area contributed by atoms with E-state index in [4.69, 9.17) is 16.7 Å². The predicted molar refractivity (Wildman–Crippen MR) is 62.3 cm³/mol. The molecule has 1 fully saturated rings. The van der Waals surface area contributed by atoms with Gasteiger partial charge in [0, 0.05) is 25.5 Å².